The molecular formula is C10H14BrNS. The van der Waals surface area contributed by atoms with Crippen molar-refractivity contribution in [1.82, 2.24) is 5.32 Å². The van der Waals surface area contributed by atoms with Gasteiger partial charge in [-0.2, -0.15) is 11.3 Å². The number of rotatable bonds is 2. The van der Waals surface area contributed by atoms with Gasteiger partial charge < -0.3 is 5.32 Å². The smallest absolute Gasteiger partial charge is 0.0406 e. The van der Waals surface area contributed by atoms with Crippen LogP contribution in [0.4, 0.5) is 0 Å². The van der Waals surface area contributed by atoms with Crippen molar-refractivity contribution in [3.05, 3.63) is 20.8 Å². The maximum Gasteiger partial charge on any atom is 0.0406 e. The van der Waals surface area contributed by atoms with Gasteiger partial charge in [-0.05, 0) is 38.7 Å². The van der Waals surface area contributed by atoms with Crippen LogP contribution in [0.25, 0.3) is 0 Å². The Morgan fingerprint density at radius 1 is 1.69 bits per heavy atom. The Morgan fingerprint density at radius 3 is 2.85 bits per heavy atom. The summed E-state index contributed by atoms with van der Waals surface area (Å²) in [4.78, 5) is 0. The Hall–Kier alpha value is 0.140. The van der Waals surface area contributed by atoms with Gasteiger partial charge in [0.25, 0.3) is 0 Å². The number of halogens is 1. The molecular weight excluding hydrogens is 246 g/mol. The molecule has 0 bridgehead atoms. The van der Waals surface area contributed by atoms with Crippen molar-refractivity contribution in [2.45, 2.75) is 26.3 Å². The summed E-state index contributed by atoms with van der Waals surface area (Å²) in [5.41, 5.74) is 1.89. The third kappa shape index (κ3) is 1.47. The topological polar surface area (TPSA) is 12.0 Å². The molecule has 1 nitrogen and oxygen atoms in total. The van der Waals surface area contributed by atoms with Gasteiger partial charge in [-0.25, -0.2) is 0 Å². The van der Waals surface area contributed by atoms with Crippen LogP contribution >= 0.6 is 27.3 Å². The molecule has 3 heteroatoms. The minimum absolute atomic E-state index is 0.462. The van der Waals surface area contributed by atoms with Crippen molar-refractivity contribution in [3.63, 3.8) is 0 Å². The van der Waals surface area contributed by atoms with Crippen LogP contribution in [0.5, 0.6) is 0 Å². The minimum Gasteiger partial charge on any atom is -0.309 e. The van der Waals surface area contributed by atoms with Gasteiger partial charge in [0.15, 0.2) is 0 Å². The monoisotopic (exact) mass is 259 g/mol. The molecule has 0 amide bonds. The zero-order valence-electron chi connectivity index (χ0n) is 7.93. The van der Waals surface area contributed by atoms with Crippen molar-refractivity contribution in [2.24, 2.45) is 5.41 Å². The number of nitrogens with one attached hydrogen (secondary N) is 1. The van der Waals surface area contributed by atoms with E-state index < -0.39 is 0 Å². The molecule has 1 aliphatic heterocycles. The van der Waals surface area contributed by atoms with Gasteiger partial charge in [-0.3, -0.25) is 0 Å². The standard InChI is InChI=1S/C10H14BrNS/c1-3-10(2)6-12-9(10)7-4-13-5-8(7)11/h4-5,9,12H,3,6H2,1-2H3. The zero-order chi connectivity index (χ0) is 9.47. The van der Waals surface area contributed by atoms with Crippen LogP contribution in [-0.4, -0.2) is 6.54 Å². The summed E-state index contributed by atoms with van der Waals surface area (Å²) in [6, 6.07) is 0.554. The molecule has 0 aromatic carbocycles. The fourth-order valence-electron chi connectivity index (χ4n) is 1.86. The first kappa shape index (κ1) is 9.69. The summed E-state index contributed by atoms with van der Waals surface area (Å²) < 4.78 is 1.26. The van der Waals surface area contributed by atoms with Crippen molar-refractivity contribution >= 4 is 27.3 Å². The number of thiophene rings is 1. The highest BCUT2D eigenvalue weighted by Crippen LogP contribution is 2.46. The molecule has 1 aromatic heterocycles. The van der Waals surface area contributed by atoms with Crippen molar-refractivity contribution in [3.8, 4) is 0 Å². The van der Waals surface area contributed by atoms with E-state index in [1.165, 1.54) is 16.5 Å². The van der Waals surface area contributed by atoms with Gasteiger partial charge in [0.1, 0.15) is 0 Å². The number of hydrogen-bond acceptors (Lipinski definition) is 2. The van der Waals surface area contributed by atoms with Crippen LogP contribution in [0, 0.1) is 5.41 Å². The van der Waals surface area contributed by atoms with Gasteiger partial charge in [0.05, 0.1) is 0 Å². The molecule has 1 N–H and O–H groups in total. The molecule has 0 aliphatic carbocycles. The lowest BCUT2D eigenvalue weighted by atomic mass is 9.71. The van der Waals surface area contributed by atoms with E-state index in [2.05, 4.69) is 45.9 Å². The molecule has 1 fully saturated rings. The summed E-state index contributed by atoms with van der Waals surface area (Å²) in [5, 5.41) is 7.91. The lowest BCUT2D eigenvalue weighted by molar-refractivity contribution is 0.0987. The molecule has 13 heavy (non-hydrogen) atoms. The minimum atomic E-state index is 0.462. The summed E-state index contributed by atoms with van der Waals surface area (Å²) in [5.74, 6) is 0. The van der Waals surface area contributed by atoms with Gasteiger partial charge >= 0.3 is 0 Å². The molecule has 1 saturated heterocycles. The second-order valence-corrected chi connectivity index (χ2v) is 5.59. The normalized spacial score (nSPS) is 33.0. The first-order valence-electron chi connectivity index (χ1n) is 4.62. The molecule has 2 unspecified atom stereocenters. The van der Waals surface area contributed by atoms with E-state index in [-0.39, 0.29) is 0 Å². The van der Waals surface area contributed by atoms with E-state index in [0.29, 0.717) is 11.5 Å². The van der Waals surface area contributed by atoms with Gasteiger partial charge in [-0.15, -0.1) is 0 Å². The summed E-state index contributed by atoms with van der Waals surface area (Å²) in [6.45, 7) is 5.78. The highest BCUT2D eigenvalue weighted by Gasteiger charge is 2.42. The molecule has 1 aliphatic rings. The molecule has 2 rings (SSSR count). The van der Waals surface area contributed by atoms with Crippen LogP contribution in [-0.2, 0) is 0 Å². The van der Waals surface area contributed by atoms with Crippen LogP contribution in [0.3, 0.4) is 0 Å². The Morgan fingerprint density at radius 2 is 2.46 bits per heavy atom. The lowest BCUT2D eigenvalue weighted by Crippen LogP contribution is -2.53. The molecule has 2 heterocycles. The van der Waals surface area contributed by atoms with E-state index in [1.807, 2.05) is 0 Å². The van der Waals surface area contributed by atoms with Crippen LogP contribution in [0.1, 0.15) is 31.9 Å². The lowest BCUT2D eigenvalue weighted by Gasteiger charge is -2.48. The number of hydrogen-bond donors (Lipinski definition) is 1. The van der Waals surface area contributed by atoms with E-state index in [9.17, 15) is 0 Å². The predicted molar refractivity (Wildman–Crippen MR) is 61.2 cm³/mol. The average molecular weight is 260 g/mol. The van der Waals surface area contributed by atoms with Crippen molar-refractivity contribution in [2.75, 3.05) is 6.54 Å². The molecule has 0 saturated carbocycles. The fraction of sp³-hybridized carbons (Fsp3) is 0.600. The molecule has 1 aromatic rings. The van der Waals surface area contributed by atoms with Crippen LogP contribution in [0.2, 0.25) is 0 Å². The van der Waals surface area contributed by atoms with Crippen molar-refractivity contribution in [1.29, 1.82) is 0 Å². The molecule has 0 spiro atoms. The van der Waals surface area contributed by atoms with Gasteiger partial charge in [0, 0.05) is 22.4 Å². The van der Waals surface area contributed by atoms with Gasteiger partial charge in [0.2, 0.25) is 0 Å². The quantitative estimate of drug-likeness (QED) is 0.857. The average Bonchev–Trinajstić information content (AvgIpc) is 2.49. The van der Waals surface area contributed by atoms with E-state index in [0.717, 1.165) is 6.54 Å². The first-order valence-corrected chi connectivity index (χ1v) is 6.36. The van der Waals surface area contributed by atoms with Crippen molar-refractivity contribution < 1.29 is 0 Å². The predicted octanol–water partition coefficient (Wildman–Crippen LogP) is 3.57. The highest BCUT2D eigenvalue weighted by atomic mass is 79.9. The molecule has 2 atom stereocenters. The fourth-order valence-corrected chi connectivity index (χ4v) is 3.42. The Balaban J connectivity index is 2.24. The molecule has 72 valence electrons. The second kappa shape index (κ2) is 3.37. The first-order chi connectivity index (χ1) is 6.17. The highest BCUT2D eigenvalue weighted by molar-refractivity contribution is 9.10. The van der Waals surface area contributed by atoms with Crippen LogP contribution in [0.15, 0.2) is 15.2 Å². The summed E-state index contributed by atoms with van der Waals surface area (Å²) in [7, 11) is 0. The zero-order valence-corrected chi connectivity index (χ0v) is 10.3. The summed E-state index contributed by atoms with van der Waals surface area (Å²) in [6.07, 6.45) is 1.24. The van der Waals surface area contributed by atoms with Gasteiger partial charge in [-0.1, -0.05) is 13.8 Å². The third-order valence-corrected chi connectivity index (χ3v) is 4.92. The molecule has 0 radical (unpaired) electrons. The Labute approximate surface area is 91.7 Å². The van der Waals surface area contributed by atoms with E-state index in [4.69, 9.17) is 0 Å². The van der Waals surface area contributed by atoms with Crippen LogP contribution < -0.4 is 5.32 Å². The largest absolute Gasteiger partial charge is 0.309 e. The summed E-state index contributed by atoms with van der Waals surface area (Å²) >= 11 is 5.36. The SMILES string of the molecule is CCC1(C)CNC1c1cscc1Br. The maximum absolute atomic E-state index is 3.59. The second-order valence-electron chi connectivity index (χ2n) is 4.00. The third-order valence-electron chi connectivity index (χ3n) is 3.17. The Kier molecular flexibility index (Phi) is 2.51. The van der Waals surface area contributed by atoms with E-state index in [1.54, 1.807) is 11.3 Å². The Bertz CT molecular complexity index is 306. The van der Waals surface area contributed by atoms with E-state index >= 15 is 0 Å². The maximum atomic E-state index is 3.59.